The molecule has 0 unspecified atom stereocenters. The van der Waals surface area contributed by atoms with Gasteiger partial charge >= 0.3 is 0 Å². The minimum absolute atomic E-state index is 0.118. The van der Waals surface area contributed by atoms with Crippen molar-refractivity contribution in [1.29, 1.82) is 0 Å². The number of aryl methyl sites for hydroxylation is 1. The SMILES string of the molecule is CC(=O)N1CCc2c(nc([C@@H]3CCCN(C)C3)nc2NCCc2cccc(C)c2)C1. The average molecular weight is 408 g/mol. The van der Waals surface area contributed by atoms with E-state index in [1.54, 1.807) is 6.92 Å². The van der Waals surface area contributed by atoms with Gasteiger partial charge in [0.15, 0.2) is 0 Å². The Morgan fingerprint density at radius 1 is 1.27 bits per heavy atom. The molecule has 3 heterocycles. The van der Waals surface area contributed by atoms with E-state index in [1.807, 2.05) is 4.90 Å². The number of likely N-dealkylation sites (N-methyl/N-ethyl adjacent to an activating group) is 1. The Balaban J connectivity index is 1.56. The number of nitrogens with one attached hydrogen (secondary N) is 1. The zero-order chi connectivity index (χ0) is 21.1. The van der Waals surface area contributed by atoms with Crippen LogP contribution in [0.15, 0.2) is 24.3 Å². The molecule has 1 saturated heterocycles. The Hall–Kier alpha value is -2.47. The highest BCUT2D eigenvalue weighted by Crippen LogP contribution is 2.29. The average Bonchev–Trinajstić information content (AvgIpc) is 2.73. The summed E-state index contributed by atoms with van der Waals surface area (Å²) >= 11 is 0. The smallest absolute Gasteiger partial charge is 0.219 e. The van der Waals surface area contributed by atoms with Gasteiger partial charge in [-0.25, -0.2) is 9.97 Å². The standard InChI is InChI=1S/C24H33N5O/c1-17-6-4-7-19(14-17)9-11-25-24-21-10-13-29(18(2)30)16-22(21)26-23(27-24)20-8-5-12-28(3)15-20/h4,6-7,14,20H,5,8-13,15-16H2,1-3H3,(H,25,26,27)/t20-/m1/s1. The fourth-order valence-corrected chi connectivity index (χ4v) is 4.62. The molecule has 1 amide bonds. The molecule has 1 fully saturated rings. The molecule has 2 aliphatic rings. The van der Waals surface area contributed by atoms with E-state index in [0.717, 1.165) is 62.8 Å². The van der Waals surface area contributed by atoms with Crippen LogP contribution in [0.4, 0.5) is 5.82 Å². The lowest BCUT2D eigenvalue weighted by atomic mass is 9.96. The number of hydrogen-bond donors (Lipinski definition) is 1. The van der Waals surface area contributed by atoms with E-state index in [2.05, 4.69) is 48.5 Å². The molecule has 0 saturated carbocycles. The van der Waals surface area contributed by atoms with E-state index < -0.39 is 0 Å². The Bertz CT molecular complexity index is 912. The van der Waals surface area contributed by atoms with E-state index in [1.165, 1.54) is 23.1 Å². The van der Waals surface area contributed by atoms with Crippen molar-refractivity contribution < 1.29 is 4.79 Å². The molecule has 0 spiro atoms. The van der Waals surface area contributed by atoms with Gasteiger partial charge < -0.3 is 15.1 Å². The Morgan fingerprint density at radius 2 is 2.13 bits per heavy atom. The molecule has 1 atom stereocenters. The number of anilines is 1. The van der Waals surface area contributed by atoms with Crippen LogP contribution < -0.4 is 5.32 Å². The van der Waals surface area contributed by atoms with Gasteiger partial charge in [0.2, 0.25) is 5.91 Å². The zero-order valence-corrected chi connectivity index (χ0v) is 18.4. The van der Waals surface area contributed by atoms with Gasteiger partial charge in [0.1, 0.15) is 11.6 Å². The molecule has 160 valence electrons. The van der Waals surface area contributed by atoms with E-state index >= 15 is 0 Å². The third-order valence-corrected chi connectivity index (χ3v) is 6.31. The van der Waals surface area contributed by atoms with Gasteiger partial charge in [-0.1, -0.05) is 29.8 Å². The molecular weight excluding hydrogens is 374 g/mol. The minimum atomic E-state index is 0.118. The summed E-state index contributed by atoms with van der Waals surface area (Å²) in [5.41, 5.74) is 4.83. The second kappa shape index (κ2) is 9.13. The number of hydrogen-bond acceptors (Lipinski definition) is 5. The minimum Gasteiger partial charge on any atom is -0.369 e. The van der Waals surface area contributed by atoms with Crippen LogP contribution in [0.5, 0.6) is 0 Å². The summed E-state index contributed by atoms with van der Waals surface area (Å²) in [7, 11) is 2.17. The monoisotopic (exact) mass is 407 g/mol. The number of benzene rings is 1. The first-order valence-corrected chi connectivity index (χ1v) is 11.1. The van der Waals surface area contributed by atoms with Crippen LogP contribution >= 0.6 is 0 Å². The van der Waals surface area contributed by atoms with Gasteiger partial charge in [-0.2, -0.15) is 0 Å². The third kappa shape index (κ3) is 4.81. The number of likely N-dealkylation sites (tertiary alicyclic amines) is 1. The van der Waals surface area contributed by atoms with Crippen LogP contribution in [0, 0.1) is 6.92 Å². The number of amides is 1. The Kier molecular flexibility index (Phi) is 6.32. The van der Waals surface area contributed by atoms with E-state index in [9.17, 15) is 4.79 Å². The molecule has 2 aromatic rings. The second-order valence-electron chi connectivity index (χ2n) is 8.81. The maximum absolute atomic E-state index is 11.9. The first-order valence-electron chi connectivity index (χ1n) is 11.1. The highest BCUT2D eigenvalue weighted by molar-refractivity contribution is 5.73. The lowest BCUT2D eigenvalue weighted by molar-refractivity contribution is -0.129. The number of aromatic nitrogens is 2. The fourth-order valence-electron chi connectivity index (χ4n) is 4.62. The summed E-state index contributed by atoms with van der Waals surface area (Å²) in [5, 5.41) is 3.61. The third-order valence-electron chi connectivity index (χ3n) is 6.31. The summed E-state index contributed by atoms with van der Waals surface area (Å²) < 4.78 is 0. The number of carbonyl (C=O) groups is 1. The summed E-state index contributed by atoms with van der Waals surface area (Å²) in [5.74, 6) is 2.38. The molecule has 0 bridgehead atoms. The summed E-state index contributed by atoms with van der Waals surface area (Å²) in [6.45, 7) is 8.08. The van der Waals surface area contributed by atoms with Crippen molar-refractivity contribution in [2.75, 3.05) is 38.5 Å². The Labute approximate surface area is 179 Å². The maximum atomic E-state index is 11.9. The van der Waals surface area contributed by atoms with Crippen LogP contribution in [0.1, 0.15) is 53.9 Å². The first kappa shape index (κ1) is 20.8. The van der Waals surface area contributed by atoms with Gasteiger partial charge in [0, 0.05) is 38.0 Å². The number of rotatable bonds is 5. The van der Waals surface area contributed by atoms with Crippen molar-refractivity contribution in [3.05, 3.63) is 52.5 Å². The maximum Gasteiger partial charge on any atom is 0.219 e. The molecule has 1 aromatic heterocycles. The second-order valence-corrected chi connectivity index (χ2v) is 8.81. The summed E-state index contributed by atoms with van der Waals surface area (Å²) in [6, 6.07) is 8.67. The molecular formula is C24H33N5O. The van der Waals surface area contributed by atoms with Gasteiger partial charge in [-0.15, -0.1) is 0 Å². The summed E-state index contributed by atoms with van der Waals surface area (Å²) in [6.07, 6.45) is 4.08. The van der Waals surface area contributed by atoms with Gasteiger partial charge in [-0.3, -0.25) is 4.79 Å². The predicted molar refractivity (Wildman–Crippen MR) is 120 cm³/mol. The van der Waals surface area contributed by atoms with Crippen molar-refractivity contribution in [1.82, 2.24) is 19.8 Å². The molecule has 0 radical (unpaired) electrons. The van der Waals surface area contributed by atoms with Crippen molar-refractivity contribution in [2.45, 2.75) is 52.0 Å². The van der Waals surface area contributed by atoms with Crippen molar-refractivity contribution >= 4 is 11.7 Å². The normalized spacial score (nSPS) is 19.4. The first-order chi connectivity index (χ1) is 14.5. The molecule has 0 aliphatic carbocycles. The highest BCUT2D eigenvalue weighted by Gasteiger charge is 2.27. The highest BCUT2D eigenvalue weighted by atomic mass is 16.2. The van der Waals surface area contributed by atoms with Crippen LogP contribution in [-0.2, 0) is 24.2 Å². The summed E-state index contributed by atoms with van der Waals surface area (Å²) in [4.78, 5) is 26.2. The van der Waals surface area contributed by atoms with Gasteiger partial charge in [0.25, 0.3) is 0 Å². The van der Waals surface area contributed by atoms with Crippen LogP contribution in [0.2, 0.25) is 0 Å². The largest absolute Gasteiger partial charge is 0.369 e. The number of fused-ring (bicyclic) bond motifs is 1. The van der Waals surface area contributed by atoms with Gasteiger partial charge in [-0.05, 0) is 51.8 Å². The van der Waals surface area contributed by atoms with E-state index in [4.69, 9.17) is 9.97 Å². The van der Waals surface area contributed by atoms with Crippen LogP contribution in [0.3, 0.4) is 0 Å². The van der Waals surface area contributed by atoms with Crippen molar-refractivity contribution in [3.8, 4) is 0 Å². The fraction of sp³-hybridized carbons (Fsp3) is 0.542. The quantitative estimate of drug-likeness (QED) is 0.825. The lowest BCUT2D eigenvalue weighted by Crippen LogP contribution is -2.36. The topological polar surface area (TPSA) is 61.4 Å². The molecule has 30 heavy (non-hydrogen) atoms. The molecule has 4 rings (SSSR count). The molecule has 1 aromatic carbocycles. The molecule has 2 aliphatic heterocycles. The zero-order valence-electron chi connectivity index (χ0n) is 18.4. The van der Waals surface area contributed by atoms with Crippen LogP contribution in [0.25, 0.3) is 0 Å². The van der Waals surface area contributed by atoms with E-state index in [-0.39, 0.29) is 5.91 Å². The van der Waals surface area contributed by atoms with E-state index in [0.29, 0.717) is 12.5 Å². The van der Waals surface area contributed by atoms with Gasteiger partial charge in [0.05, 0.1) is 12.2 Å². The Morgan fingerprint density at radius 3 is 2.90 bits per heavy atom. The molecule has 6 nitrogen and oxygen atoms in total. The molecule has 6 heteroatoms. The van der Waals surface area contributed by atoms with Crippen LogP contribution in [-0.4, -0.2) is 58.9 Å². The van der Waals surface area contributed by atoms with Crippen molar-refractivity contribution in [3.63, 3.8) is 0 Å². The number of carbonyl (C=O) groups excluding carboxylic acids is 1. The number of piperidine rings is 1. The number of nitrogens with zero attached hydrogens (tertiary/aromatic N) is 4. The predicted octanol–water partition coefficient (Wildman–Crippen LogP) is 3.15. The molecule has 1 N–H and O–H groups in total. The lowest BCUT2D eigenvalue weighted by Gasteiger charge is -2.32. The van der Waals surface area contributed by atoms with Crippen molar-refractivity contribution in [2.24, 2.45) is 0 Å².